The molecule has 1 atom stereocenters. The second-order valence-electron chi connectivity index (χ2n) is 13.8. The molecule has 1 aliphatic heterocycles. The molecule has 0 bridgehead atoms. The molecule has 8 rings (SSSR count). The minimum Gasteiger partial charge on any atom is -0.463 e. The fraction of sp³-hybridized carbons (Fsp3) is 0.244. The molecule has 2 heterocycles. The highest BCUT2D eigenvalue weighted by Gasteiger charge is 2.44. The Hall–Kier alpha value is -5.86. The smallest absolute Gasteiger partial charge is 0.337 e. The SMILES string of the molecule is CCCN1NC(C2CC2)C(C(=O)OCC)=C1Cc1ccc(-c2ccccc2-c2nnn(C(c3ccccc3)(c3ccccc3)c3ccccc3)n2)cc1. The molecule has 1 saturated carbocycles. The summed E-state index contributed by atoms with van der Waals surface area (Å²) in [5.74, 6) is 0.821. The van der Waals surface area contributed by atoms with Gasteiger partial charge in [-0.15, -0.1) is 15.0 Å². The van der Waals surface area contributed by atoms with Crippen molar-refractivity contribution >= 4 is 5.97 Å². The van der Waals surface area contributed by atoms with E-state index < -0.39 is 5.54 Å². The number of ether oxygens (including phenoxy) is 1. The topological polar surface area (TPSA) is 85.2 Å². The van der Waals surface area contributed by atoms with Crippen LogP contribution in [0.3, 0.4) is 0 Å². The first-order valence-corrected chi connectivity index (χ1v) is 18.7. The largest absolute Gasteiger partial charge is 0.463 e. The predicted molar refractivity (Wildman–Crippen MR) is 207 cm³/mol. The molecule has 1 N–H and O–H groups in total. The number of nitrogens with zero attached hydrogens (tertiary/aromatic N) is 5. The number of carbonyl (C=O) groups excluding carboxylic acids is 1. The van der Waals surface area contributed by atoms with Gasteiger partial charge in [0.05, 0.1) is 18.2 Å². The second-order valence-corrected chi connectivity index (χ2v) is 13.8. The van der Waals surface area contributed by atoms with Crippen LogP contribution >= 0.6 is 0 Å². The monoisotopic (exact) mass is 700 g/mol. The number of hydrazine groups is 1. The molecule has 0 saturated heterocycles. The summed E-state index contributed by atoms with van der Waals surface area (Å²) in [4.78, 5) is 15.1. The van der Waals surface area contributed by atoms with Crippen LogP contribution in [-0.2, 0) is 21.5 Å². The average Bonchev–Trinajstić information content (AvgIpc) is 3.84. The first kappa shape index (κ1) is 34.2. The van der Waals surface area contributed by atoms with Gasteiger partial charge in [-0.05, 0) is 70.7 Å². The summed E-state index contributed by atoms with van der Waals surface area (Å²) in [7, 11) is 0. The highest BCUT2D eigenvalue weighted by molar-refractivity contribution is 5.91. The molecule has 6 aromatic rings. The zero-order valence-electron chi connectivity index (χ0n) is 30.2. The summed E-state index contributed by atoms with van der Waals surface area (Å²) >= 11 is 0. The van der Waals surface area contributed by atoms with Crippen molar-refractivity contribution in [3.05, 3.63) is 173 Å². The molecule has 0 radical (unpaired) electrons. The van der Waals surface area contributed by atoms with E-state index >= 15 is 0 Å². The Bertz CT molecular complexity index is 2100. The lowest BCUT2D eigenvalue weighted by Gasteiger charge is -2.34. The molecule has 8 nitrogen and oxygen atoms in total. The lowest BCUT2D eigenvalue weighted by molar-refractivity contribution is -0.138. The number of tetrazole rings is 1. The normalized spacial score (nSPS) is 15.9. The molecule has 0 amide bonds. The third-order valence-electron chi connectivity index (χ3n) is 10.4. The van der Waals surface area contributed by atoms with Gasteiger partial charge in [-0.3, -0.25) is 0 Å². The van der Waals surface area contributed by atoms with Gasteiger partial charge in [0.1, 0.15) is 0 Å². The van der Waals surface area contributed by atoms with E-state index in [0.717, 1.165) is 76.0 Å². The van der Waals surface area contributed by atoms with Crippen LogP contribution in [0.2, 0.25) is 0 Å². The minimum absolute atomic E-state index is 0.0204. The van der Waals surface area contributed by atoms with Gasteiger partial charge in [0.2, 0.25) is 5.82 Å². The van der Waals surface area contributed by atoms with E-state index in [4.69, 9.17) is 20.1 Å². The predicted octanol–water partition coefficient (Wildman–Crippen LogP) is 8.22. The number of nitrogens with one attached hydrogen (secondary N) is 1. The summed E-state index contributed by atoms with van der Waals surface area (Å²) in [5.41, 5.74) is 11.8. The quantitative estimate of drug-likeness (QED) is 0.0960. The third kappa shape index (κ3) is 6.55. The number of hydrogen-bond donors (Lipinski definition) is 1. The Morgan fingerprint density at radius 2 is 1.32 bits per heavy atom. The van der Waals surface area contributed by atoms with Crippen LogP contribution in [0.15, 0.2) is 151 Å². The van der Waals surface area contributed by atoms with E-state index in [2.05, 4.69) is 127 Å². The van der Waals surface area contributed by atoms with Crippen LogP contribution < -0.4 is 5.43 Å². The van der Waals surface area contributed by atoms with Crippen LogP contribution in [-0.4, -0.2) is 50.4 Å². The van der Waals surface area contributed by atoms with E-state index in [-0.39, 0.29) is 12.0 Å². The van der Waals surface area contributed by atoms with Crippen LogP contribution in [0.25, 0.3) is 22.5 Å². The maximum Gasteiger partial charge on any atom is 0.337 e. The summed E-state index contributed by atoms with van der Waals surface area (Å²) in [6, 6.07) is 48.0. The van der Waals surface area contributed by atoms with Crippen LogP contribution in [0, 0.1) is 5.92 Å². The van der Waals surface area contributed by atoms with E-state index in [1.165, 1.54) is 0 Å². The molecule has 5 aromatic carbocycles. The minimum atomic E-state index is -0.859. The van der Waals surface area contributed by atoms with Crippen molar-refractivity contribution in [1.29, 1.82) is 0 Å². The molecular weight excluding hydrogens is 657 g/mol. The molecule has 1 unspecified atom stereocenters. The van der Waals surface area contributed by atoms with Crippen molar-refractivity contribution in [2.45, 2.75) is 51.1 Å². The molecule has 266 valence electrons. The Morgan fingerprint density at radius 1 is 0.755 bits per heavy atom. The van der Waals surface area contributed by atoms with Gasteiger partial charge >= 0.3 is 5.97 Å². The lowest BCUT2D eigenvalue weighted by atomic mass is 9.77. The summed E-state index contributed by atoms with van der Waals surface area (Å²) < 4.78 is 5.58. The lowest BCUT2D eigenvalue weighted by Crippen LogP contribution is -2.40. The second kappa shape index (κ2) is 15.0. The van der Waals surface area contributed by atoms with Crippen molar-refractivity contribution < 1.29 is 9.53 Å². The molecule has 53 heavy (non-hydrogen) atoms. The van der Waals surface area contributed by atoms with E-state index in [1.807, 2.05) is 37.3 Å². The Kier molecular flexibility index (Phi) is 9.70. The van der Waals surface area contributed by atoms with Crippen LogP contribution in [0.5, 0.6) is 0 Å². The Balaban J connectivity index is 1.16. The van der Waals surface area contributed by atoms with E-state index in [9.17, 15) is 4.79 Å². The average molecular weight is 701 g/mol. The molecule has 2 aliphatic rings. The van der Waals surface area contributed by atoms with Gasteiger partial charge in [-0.25, -0.2) is 10.2 Å². The van der Waals surface area contributed by atoms with Crippen molar-refractivity contribution in [1.82, 2.24) is 30.6 Å². The zero-order chi connectivity index (χ0) is 36.2. The molecule has 1 aromatic heterocycles. The Morgan fingerprint density at radius 3 is 1.87 bits per heavy atom. The molecular formula is C45H44N6O2. The maximum absolute atomic E-state index is 13.3. The number of hydrogen-bond acceptors (Lipinski definition) is 7. The highest BCUT2D eigenvalue weighted by atomic mass is 16.5. The number of esters is 1. The maximum atomic E-state index is 13.3. The first-order chi connectivity index (χ1) is 26.1. The van der Waals surface area contributed by atoms with E-state index in [1.54, 1.807) is 4.80 Å². The fourth-order valence-electron chi connectivity index (χ4n) is 7.75. The fourth-order valence-corrected chi connectivity index (χ4v) is 7.75. The van der Waals surface area contributed by atoms with Gasteiger partial charge in [-0.2, -0.15) is 0 Å². The third-order valence-corrected chi connectivity index (χ3v) is 10.4. The molecule has 0 spiro atoms. The van der Waals surface area contributed by atoms with Gasteiger partial charge < -0.3 is 9.75 Å². The number of carbonyl (C=O) groups is 1. The van der Waals surface area contributed by atoms with Gasteiger partial charge in [-0.1, -0.05) is 146 Å². The highest BCUT2D eigenvalue weighted by Crippen LogP contribution is 2.42. The van der Waals surface area contributed by atoms with Gasteiger partial charge in [0.25, 0.3) is 0 Å². The van der Waals surface area contributed by atoms with E-state index in [0.29, 0.717) is 24.8 Å². The molecule has 1 aliphatic carbocycles. The summed E-state index contributed by atoms with van der Waals surface area (Å²) in [5, 5.41) is 16.9. The standard InChI is InChI=1S/C45H44N6O2/c1-3-30-50-40(41(44(52)53-4-2)42(47-50)34-28-29-34)31-32-24-26-33(27-25-32)38-22-14-15-23-39(38)43-46-49-51(48-43)45(35-16-8-5-9-17-35,36-18-10-6-11-19-36)37-20-12-7-13-21-37/h5-27,34,42,47H,3-4,28-31H2,1-2H3. The van der Waals surface area contributed by atoms with Gasteiger partial charge in [0.15, 0.2) is 5.54 Å². The zero-order valence-corrected chi connectivity index (χ0v) is 30.2. The van der Waals surface area contributed by atoms with Crippen molar-refractivity contribution in [3.63, 3.8) is 0 Å². The Labute approximate surface area is 311 Å². The number of rotatable bonds is 13. The van der Waals surface area contributed by atoms with Crippen molar-refractivity contribution in [3.8, 4) is 22.5 Å². The molecule has 8 heteroatoms. The van der Waals surface area contributed by atoms with Gasteiger partial charge in [0, 0.05) is 24.2 Å². The summed E-state index contributed by atoms with van der Waals surface area (Å²) in [6.07, 6.45) is 3.89. The first-order valence-electron chi connectivity index (χ1n) is 18.7. The van der Waals surface area contributed by atoms with Crippen LogP contribution in [0.1, 0.15) is 55.4 Å². The van der Waals surface area contributed by atoms with Crippen LogP contribution in [0.4, 0.5) is 0 Å². The van der Waals surface area contributed by atoms with Crippen molar-refractivity contribution in [2.24, 2.45) is 5.92 Å². The number of allylic oxidation sites excluding steroid dienone is 1. The number of benzene rings is 5. The number of aromatic nitrogens is 4. The molecule has 1 fully saturated rings. The van der Waals surface area contributed by atoms with Crippen molar-refractivity contribution in [2.75, 3.05) is 13.2 Å². The summed E-state index contributed by atoms with van der Waals surface area (Å²) in [6.45, 7) is 5.23.